The van der Waals surface area contributed by atoms with Crippen molar-refractivity contribution in [1.82, 2.24) is 4.98 Å². The average molecular weight is 321 g/mol. The highest BCUT2D eigenvalue weighted by Gasteiger charge is 2.18. The van der Waals surface area contributed by atoms with Crippen LogP contribution in [0.2, 0.25) is 0 Å². The molecular formula is C13H11N3O5S. The SMILES string of the molecule is O=C(Nc1nc(C(=NO)C(=O)O)cs1)OCc1ccccc1. The summed E-state index contributed by atoms with van der Waals surface area (Å²) in [6.45, 7) is 0.101. The number of hydrogen-bond acceptors (Lipinski definition) is 7. The second-order valence-corrected chi connectivity index (χ2v) is 4.84. The Hall–Kier alpha value is -2.94. The number of nitrogens with zero attached hydrogens (tertiary/aromatic N) is 2. The Balaban J connectivity index is 1.92. The van der Waals surface area contributed by atoms with E-state index in [1.165, 1.54) is 5.38 Å². The van der Waals surface area contributed by atoms with Gasteiger partial charge in [0.05, 0.1) is 0 Å². The molecule has 0 fully saturated rings. The van der Waals surface area contributed by atoms with E-state index in [1.54, 1.807) is 0 Å². The van der Waals surface area contributed by atoms with E-state index in [0.717, 1.165) is 16.9 Å². The molecule has 3 N–H and O–H groups in total. The van der Waals surface area contributed by atoms with Crippen LogP contribution in [-0.2, 0) is 16.1 Å². The van der Waals surface area contributed by atoms with Crippen molar-refractivity contribution in [1.29, 1.82) is 0 Å². The summed E-state index contributed by atoms with van der Waals surface area (Å²) in [7, 11) is 0. The molecule has 1 amide bonds. The van der Waals surface area contributed by atoms with Gasteiger partial charge < -0.3 is 15.1 Å². The largest absolute Gasteiger partial charge is 0.476 e. The van der Waals surface area contributed by atoms with E-state index in [-0.39, 0.29) is 17.4 Å². The number of oxime groups is 1. The number of hydrogen-bond donors (Lipinski definition) is 3. The van der Waals surface area contributed by atoms with Gasteiger partial charge in [0.25, 0.3) is 0 Å². The monoisotopic (exact) mass is 321 g/mol. The van der Waals surface area contributed by atoms with Crippen molar-refractivity contribution in [3.63, 3.8) is 0 Å². The molecule has 2 aromatic rings. The van der Waals surface area contributed by atoms with E-state index in [9.17, 15) is 9.59 Å². The van der Waals surface area contributed by atoms with Gasteiger partial charge >= 0.3 is 12.1 Å². The molecule has 22 heavy (non-hydrogen) atoms. The van der Waals surface area contributed by atoms with Gasteiger partial charge in [0.2, 0.25) is 5.71 Å². The van der Waals surface area contributed by atoms with Crippen LogP contribution in [0, 0.1) is 0 Å². The van der Waals surface area contributed by atoms with E-state index < -0.39 is 17.8 Å². The van der Waals surface area contributed by atoms with Crippen molar-refractivity contribution >= 4 is 34.2 Å². The van der Waals surface area contributed by atoms with Crippen LogP contribution in [0.4, 0.5) is 9.93 Å². The number of aliphatic carboxylic acids is 1. The van der Waals surface area contributed by atoms with Crippen molar-refractivity contribution in [3.8, 4) is 0 Å². The Kier molecular flexibility index (Phi) is 5.04. The highest BCUT2D eigenvalue weighted by molar-refractivity contribution is 7.14. The van der Waals surface area contributed by atoms with Crippen LogP contribution in [0.15, 0.2) is 40.9 Å². The number of carboxylic acid groups (broad SMARTS) is 1. The standard InChI is InChI=1S/C13H11N3O5S/c17-11(18)10(16-20)9-7-22-12(14-9)15-13(19)21-6-8-4-2-1-3-5-8/h1-5,7,20H,6H2,(H,17,18)(H,14,15,19). The lowest BCUT2D eigenvalue weighted by atomic mass is 10.2. The van der Waals surface area contributed by atoms with Crippen molar-refractivity contribution in [2.45, 2.75) is 6.61 Å². The summed E-state index contributed by atoms with van der Waals surface area (Å²) < 4.78 is 5.00. The minimum atomic E-state index is -1.42. The number of benzene rings is 1. The Morgan fingerprint density at radius 1 is 1.32 bits per heavy atom. The molecule has 0 atom stereocenters. The third-order valence-corrected chi connectivity index (χ3v) is 3.23. The lowest BCUT2D eigenvalue weighted by Crippen LogP contribution is -2.16. The summed E-state index contributed by atoms with van der Waals surface area (Å²) in [5, 5.41) is 23.9. The fourth-order valence-corrected chi connectivity index (χ4v) is 2.17. The molecule has 0 saturated carbocycles. The predicted octanol–water partition coefficient (Wildman–Crippen LogP) is 2.15. The van der Waals surface area contributed by atoms with Gasteiger partial charge in [0.15, 0.2) is 5.13 Å². The maximum atomic E-state index is 11.6. The fourth-order valence-electron chi connectivity index (χ4n) is 1.49. The van der Waals surface area contributed by atoms with Crippen LogP contribution in [0.5, 0.6) is 0 Å². The maximum Gasteiger partial charge on any atom is 0.413 e. The molecule has 8 nitrogen and oxygen atoms in total. The number of anilines is 1. The minimum absolute atomic E-state index is 0.0571. The number of amides is 1. The van der Waals surface area contributed by atoms with Crippen LogP contribution in [0.25, 0.3) is 0 Å². The molecule has 9 heteroatoms. The first-order valence-electron chi connectivity index (χ1n) is 5.99. The fraction of sp³-hybridized carbons (Fsp3) is 0.0769. The highest BCUT2D eigenvalue weighted by atomic mass is 32.1. The summed E-state index contributed by atoms with van der Waals surface area (Å²) in [6.07, 6.45) is -0.720. The zero-order valence-electron chi connectivity index (χ0n) is 11.1. The number of aromatic nitrogens is 1. The van der Waals surface area contributed by atoms with Crippen molar-refractivity contribution in [2.75, 3.05) is 5.32 Å². The number of rotatable bonds is 5. The Labute approximate surface area is 128 Å². The van der Waals surface area contributed by atoms with E-state index >= 15 is 0 Å². The van der Waals surface area contributed by atoms with E-state index in [0.29, 0.717) is 0 Å². The Bertz CT molecular complexity index is 699. The molecule has 0 spiro atoms. The van der Waals surface area contributed by atoms with Crippen LogP contribution in [0.1, 0.15) is 11.3 Å². The average Bonchev–Trinajstić information content (AvgIpc) is 2.94. The van der Waals surface area contributed by atoms with Gasteiger partial charge in [0.1, 0.15) is 12.3 Å². The predicted molar refractivity (Wildman–Crippen MR) is 78.3 cm³/mol. The second-order valence-electron chi connectivity index (χ2n) is 3.98. The van der Waals surface area contributed by atoms with Gasteiger partial charge in [-0.25, -0.2) is 14.6 Å². The summed E-state index contributed by atoms with van der Waals surface area (Å²) in [5.41, 5.74) is 0.165. The summed E-state index contributed by atoms with van der Waals surface area (Å²) in [5.74, 6) is -1.42. The van der Waals surface area contributed by atoms with Crippen LogP contribution in [0.3, 0.4) is 0 Å². The smallest absolute Gasteiger partial charge is 0.413 e. The summed E-state index contributed by atoms with van der Waals surface area (Å²) in [6, 6.07) is 9.12. The first-order chi connectivity index (χ1) is 10.6. The molecule has 1 aromatic carbocycles. The van der Waals surface area contributed by atoms with Crippen molar-refractivity contribution in [2.24, 2.45) is 5.16 Å². The van der Waals surface area contributed by atoms with Gasteiger partial charge in [-0.1, -0.05) is 35.5 Å². The number of nitrogens with one attached hydrogen (secondary N) is 1. The Morgan fingerprint density at radius 3 is 2.68 bits per heavy atom. The molecule has 0 aliphatic rings. The second kappa shape index (κ2) is 7.18. The number of carboxylic acids is 1. The van der Waals surface area contributed by atoms with Gasteiger partial charge in [-0.05, 0) is 5.56 Å². The molecule has 0 aliphatic heterocycles. The highest BCUT2D eigenvalue weighted by Crippen LogP contribution is 2.16. The summed E-state index contributed by atoms with van der Waals surface area (Å²) in [4.78, 5) is 26.2. The number of carbonyl (C=O) groups is 2. The number of thiazole rings is 1. The molecule has 0 unspecified atom stereocenters. The lowest BCUT2D eigenvalue weighted by molar-refractivity contribution is -0.129. The third-order valence-electron chi connectivity index (χ3n) is 2.47. The number of ether oxygens (including phenoxy) is 1. The maximum absolute atomic E-state index is 11.6. The number of carbonyl (C=O) groups excluding carboxylic acids is 1. The molecule has 114 valence electrons. The van der Waals surface area contributed by atoms with E-state index in [2.05, 4.69) is 15.5 Å². The molecule has 0 radical (unpaired) electrons. The van der Waals surface area contributed by atoms with E-state index in [4.69, 9.17) is 15.1 Å². The molecule has 2 rings (SSSR count). The minimum Gasteiger partial charge on any atom is -0.476 e. The summed E-state index contributed by atoms with van der Waals surface area (Å²) >= 11 is 0.982. The van der Waals surface area contributed by atoms with Gasteiger partial charge in [-0.2, -0.15) is 0 Å². The third kappa shape index (κ3) is 4.03. The van der Waals surface area contributed by atoms with Crippen molar-refractivity contribution < 1.29 is 24.6 Å². The van der Waals surface area contributed by atoms with Crippen molar-refractivity contribution in [3.05, 3.63) is 47.0 Å². The lowest BCUT2D eigenvalue weighted by Gasteiger charge is -2.04. The molecule has 0 saturated heterocycles. The van der Waals surface area contributed by atoms with Crippen LogP contribution >= 0.6 is 11.3 Å². The zero-order chi connectivity index (χ0) is 15.9. The van der Waals surface area contributed by atoms with Crippen LogP contribution in [-0.4, -0.2) is 33.1 Å². The molecule has 1 heterocycles. The molecule has 1 aromatic heterocycles. The molecule has 0 bridgehead atoms. The normalized spacial score (nSPS) is 11.0. The van der Waals surface area contributed by atoms with Crippen LogP contribution < -0.4 is 5.32 Å². The van der Waals surface area contributed by atoms with Gasteiger partial charge in [-0.3, -0.25) is 5.32 Å². The molecule has 0 aliphatic carbocycles. The first kappa shape index (κ1) is 15.4. The molecular weight excluding hydrogens is 310 g/mol. The zero-order valence-corrected chi connectivity index (χ0v) is 11.9. The Morgan fingerprint density at radius 2 is 2.05 bits per heavy atom. The first-order valence-corrected chi connectivity index (χ1v) is 6.87. The topological polar surface area (TPSA) is 121 Å². The van der Waals surface area contributed by atoms with E-state index in [1.807, 2.05) is 30.3 Å². The van der Waals surface area contributed by atoms with Gasteiger partial charge in [-0.15, -0.1) is 11.3 Å². The van der Waals surface area contributed by atoms with Gasteiger partial charge in [0, 0.05) is 5.38 Å². The quantitative estimate of drug-likeness (QED) is 0.441.